The van der Waals surface area contributed by atoms with Crippen LogP contribution in [0.1, 0.15) is 29.3 Å². The van der Waals surface area contributed by atoms with E-state index < -0.39 is 12.1 Å². The molecule has 0 bridgehead atoms. The van der Waals surface area contributed by atoms with E-state index in [1.165, 1.54) is 6.07 Å². The summed E-state index contributed by atoms with van der Waals surface area (Å²) in [5.41, 5.74) is 0.891. The largest absolute Gasteiger partial charge is 0.497 e. The zero-order valence-corrected chi connectivity index (χ0v) is 15.4. The molecule has 1 aromatic heterocycles. The van der Waals surface area contributed by atoms with Gasteiger partial charge in [0.1, 0.15) is 5.75 Å². The summed E-state index contributed by atoms with van der Waals surface area (Å²) in [5, 5.41) is 8.32. The van der Waals surface area contributed by atoms with Crippen molar-refractivity contribution >= 4 is 29.2 Å². The number of hydrogen-bond acceptors (Lipinski definition) is 6. The minimum atomic E-state index is -0.753. The molecule has 3 aromatic rings. The number of methoxy groups -OCH3 is 1. The third-order valence-corrected chi connectivity index (χ3v) is 4.40. The molecule has 0 amide bonds. The van der Waals surface area contributed by atoms with E-state index in [4.69, 9.17) is 37.1 Å². The van der Waals surface area contributed by atoms with Gasteiger partial charge in [0, 0.05) is 5.56 Å². The lowest BCUT2D eigenvalue weighted by atomic mass is 10.2. The van der Waals surface area contributed by atoms with Gasteiger partial charge in [-0.05, 0) is 43.3 Å². The van der Waals surface area contributed by atoms with Gasteiger partial charge in [0.15, 0.2) is 6.10 Å². The van der Waals surface area contributed by atoms with Crippen LogP contribution < -0.4 is 4.74 Å². The molecule has 0 saturated carbocycles. The van der Waals surface area contributed by atoms with E-state index in [0.717, 1.165) is 5.56 Å². The quantitative estimate of drug-likeness (QED) is 0.570. The molecule has 0 saturated heterocycles. The molecule has 0 aliphatic rings. The number of esters is 1. The number of nitrogens with zero attached hydrogens (tertiary/aromatic N) is 2. The van der Waals surface area contributed by atoms with Crippen molar-refractivity contribution in [1.82, 2.24) is 10.2 Å². The second kappa shape index (κ2) is 7.76. The molecule has 0 spiro atoms. The maximum Gasteiger partial charge on any atom is 0.340 e. The topological polar surface area (TPSA) is 74.5 Å². The van der Waals surface area contributed by atoms with E-state index in [0.29, 0.717) is 11.6 Å². The molecule has 134 valence electrons. The van der Waals surface area contributed by atoms with Gasteiger partial charge in [-0.25, -0.2) is 4.79 Å². The Hall–Kier alpha value is -2.57. The first-order valence-electron chi connectivity index (χ1n) is 7.62. The van der Waals surface area contributed by atoms with E-state index in [9.17, 15) is 4.79 Å². The molecule has 0 fully saturated rings. The van der Waals surface area contributed by atoms with Crippen LogP contribution in [0.5, 0.6) is 5.75 Å². The highest BCUT2D eigenvalue weighted by molar-refractivity contribution is 6.43. The van der Waals surface area contributed by atoms with Crippen LogP contribution in [0, 0.1) is 0 Å². The van der Waals surface area contributed by atoms with Gasteiger partial charge < -0.3 is 13.9 Å². The summed E-state index contributed by atoms with van der Waals surface area (Å²) in [6, 6.07) is 11.9. The second-order valence-electron chi connectivity index (χ2n) is 5.32. The number of rotatable bonds is 5. The van der Waals surface area contributed by atoms with Gasteiger partial charge in [0.05, 0.1) is 22.7 Å². The van der Waals surface area contributed by atoms with E-state index in [-0.39, 0.29) is 21.5 Å². The molecule has 2 aromatic carbocycles. The van der Waals surface area contributed by atoms with Crippen LogP contribution in [0.3, 0.4) is 0 Å². The average Bonchev–Trinajstić information content (AvgIpc) is 3.14. The third-order valence-electron chi connectivity index (χ3n) is 3.58. The van der Waals surface area contributed by atoms with Gasteiger partial charge in [0.2, 0.25) is 5.89 Å². The maximum absolute atomic E-state index is 12.3. The normalized spacial score (nSPS) is 11.8. The fraction of sp³-hybridized carbons (Fsp3) is 0.167. The third kappa shape index (κ3) is 3.81. The highest BCUT2D eigenvalue weighted by Gasteiger charge is 2.22. The molecular formula is C18H14Cl2N2O4. The summed E-state index contributed by atoms with van der Waals surface area (Å²) >= 11 is 11.9. The first-order chi connectivity index (χ1) is 12.5. The first kappa shape index (κ1) is 18.2. The Bertz CT molecular complexity index is 925. The van der Waals surface area contributed by atoms with Gasteiger partial charge in [-0.15, -0.1) is 10.2 Å². The predicted octanol–water partition coefficient (Wildman–Crippen LogP) is 4.97. The smallest absolute Gasteiger partial charge is 0.340 e. The Labute approximate surface area is 159 Å². The molecule has 1 atom stereocenters. The number of halogens is 2. The standard InChI is InChI=1S/C18H14Cl2N2O4/c1-10(25-18(23)13-4-3-5-14(19)15(13)20)16-21-22-17(26-16)11-6-8-12(24-2)9-7-11/h3-10H,1-2H3/t10-/m0/s1. The summed E-state index contributed by atoms with van der Waals surface area (Å²) in [6.45, 7) is 1.63. The molecule has 3 rings (SSSR count). The zero-order chi connectivity index (χ0) is 18.7. The minimum Gasteiger partial charge on any atom is -0.497 e. The molecule has 0 aliphatic heterocycles. The first-order valence-corrected chi connectivity index (χ1v) is 8.38. The molecule has 6 nitrogen and oxygen atoms in total. The number of benzene rings is 2. The highest BCUT2D eigenvalue weighted by atomic mass is 35.5. The van der Waals surface area contributed by atoms with Crippen molar-refractivity contribution in [2.45, 2.75) is 13.0 Å². The Kier molecular flexibility index (Phi) is 5.44. The van der Waals surface area contributed by atoms with Gasteiger partial charge >= 0.3 is 5.97 Å². The molecule has 8 heteroatoms. The monoisotopic (exact) mass is 392 g/mol. The van der Waals surface area contributed by atoms with Crippen molar-refractivity contribution in [3.8, 4) is 17.2 Å². The van der Waals surface area contributed by atoms with Crippen molar-refractivity contribution in [1.29, 1.82) is 0 Å². The number of carbonyl (C=O) groups excluding carboxylic acids is 1. The van der Waals surface area contributed by atoms with Crippen LogP contribution in [0.25, 0.3) is 11.5 Å². The predicted molar refractivity (Wildman–Crippen MR) is 96.6 cm³/mol. The second-order valence-corrected chi connectivity index (χ2v) is 6.11. The van der Waals surface area contributed by atoms with Crippen LogP contribution in [0.15, 0.2) is 46.9 Å². The summed E-state index contributed by atoms with van der Waals surface area (Å²) in [5.74, 6) is 0.567. The van der Waals surface area contributed by atoms with E-state index in [1.807, 2.05) is 0 Å². The Morgan fingerprint density at radius 3 is 2.54 bits per heavy atom. The lowest BCUT2D eigenvalue weighted by molar-refractivity contribution is 0.0280. The number of hydrogen-bond donors (Lipinski definition) is 0. The van der Waals surface area contributed by atoms with Gasteiger partial charge in [-0.1, -0.05) is 29.3 Å². The average molecular weight is 393 g/mol. The Morgan fingerprint density at radius 2 is 1.85 bits per heavy atom. The fourth-order valence-electron chi connectivity index (χ4n) is 2.19. The van der Waals surface area contributed by atoms with Gasteiger partial charge in [0.25, 0.3) is 5.89 Å². The van der Waals surface area contributed by atoms with Crippen LogP contribution in [0.2, 0.25) is 10.0 Å². The summed E-state index contributed by atoms with van der Waals surface area (Å²) < 4.78 is 16.1. The van der Waals surface area contributed by atoms with Crippen LogP contribution in [0.4, 0.5) is 0 Å². The van der Waals surface area contributed by atoms with Crippen molar-refractivity contribution < 1.29 is 18.7 Å². The fourth-order valence-corrected chi connectivity index (χ4v) is 2.56. The van der Waals surface area contributed by atoms with Crippen molar-refractivity contribution in [2.24, 2.45) is 0 Å². The number of carbonyl (C=O) groups is 1. The van der Waals surface area contributed by atoms with Gasteiger partial charge in [-0.3, -0.25) is 0 Å². The maximum atomic E-state index is 12.3. The van der Waals surface area contributed by atoms with Crippen molar-refractivity contribution in [2.75, 3.05) is 7.11 Å². The van der Waals surface area contributed by atoms with E-state index >= 15 is 0 Å². The van der Waals surface area contributed by atoms with E-state index in [1.54, 1.807) is 50.4 Å². The lowest BCUT2D eigenvalue weighted by Gasteiger charge is -2.10. The van der Waals surface area contributed by atoms with E-state index in [2.05, 4.69) is 10.2 Å². The molecule has 0 radical (unpaired) electrons. The van der Waals surface area contributed by atoms with Crippen LogP contribution in [-0.2, 0) is 4.74 Å². The molecular weight excluding hydrogens is 379 g/mol. The number of ether oxygens (including phenoxy) is 2. The highest BCUT2D eigenvalue weighted by Crippen LogP contribution is 2.28. The summed E-state index contributed by atoms with van der Waals surface area (Å²) in [7, 11) is 1.59. The molecule has 1 heterocycles. The lowest BCUT2D eigenvalue weighted by Crippen LogP contribution is -2.10. The molecule has 0 aliphatic carbocycles. The Balaban J connectivity index is 1.74. The summed E-state index contributed by atoms with van der Waals surface area (Å²) in [6.07, 6.45) is -0.753. The zero-order valence-electron chi connectivity index (χ0n) is 13.9. The molecule has 0 N–H and O–H groups in total. The minimum absolute atomic E-state index is 0.135. The van der Waals surface area contributed by atoms with Crippen molar-refractivity contribution in [3.63, 3.8) is 0 Å². The van der Waals surface area contributed by atoms with Crippen LogP contribution in [-0.4, -0.2) is 23.3 Å². The number of aromatic nitrogens is 2. The molecule has 26 heavy (non-hydrogen) atoms. The summed E-state index contributed by atoms with van der Waals surface area (Å²) in [4.78, 5) is 12.3. The Morgan fingerprint density at radius 1 is 1.12 bits per heavy atom. The van der Waals surface area contributed by atoms with Crippen molar-refractivity contribution in [3.05, 3.63) is 64.0 Å². The SMILES string of the molecule is COc1ccc(-c2nnc([C@H](C)OC(=O)c3cccc(Cl)c3Cl)o2)cc1. The van der Waals surface area contributed by atoms with Gasteiger partial charge in [-0.2, -0.15) is 0 Å². The van der Waals surface area contributed by atoms with Crippen LogP contribution >= 0.6 is 23.2 Å². The molecule has 0 unspecified atom stereocenters.